The first-order chi connectivity index (χ1) is 8.05. The van der Waals surface area contributed by atoms with E-state index in [1.807, 2.05) is 13.0 Å². The monoisotopic (exact) mass is 229 g/mol. The molecule has 1 aromatic rings. The summed E-state index contributed by atoms with van der Waals surface area (Å²) in [4.78, 5) is 10.9. The zero-order valence-corrected chi connectivity index (χ0v) is 9.81. The molecule has 3 nitrogen and oxygen atoms in total. The molecule has 0 heterocycles. The number of benzene rings is 1. The molecule has 1 atom stereocenters. The Kier molecular flexibility index (Phi) is 2.89. The third-order valence-electron chi connectivity index (χ3n) is 3.39. The van der Waals surface area contributed by atoms with Crippen LogP contribution in [0.15, 0.2) is 24.3 Å². The summed E-state index contributed by atoms with van der Waals surface area (Å²) in [6.45, 7) is 1.90. The van der Waals surface area contributed by atoms with E-state index in [0.717, 1.165) is 12.0 Å². The van der Waals surface area contributed by atoms with Gasteiger partial charge in [-0.15, -0.1) is 0 Å². The third-order valence-corrected chi connectivity index (χ3v) is 3.39. The van der Waals surface area contributed by atoms with Gasteiger partial charge in [0.05, 0.1) is 17.0 Å². The standard InChI is InChI=1S/C14H15NO2/c1-14(9-15,8-10-5-6-10)12-4-2-3-11(7-12)13(16)17/h2-4,7,10H,5-6,8H2,1H3,(H,16,17). The predicted octanol–water partition coefficient (Wildman–Crippen LogP) is 2.97. The van der Waals surface area contributed by atoms with Crippen LogP contribution < -0.4 is 0 Å². The van der Waals surface area contributed by atoms with E-state index in [0.29, 0.717) is 5.92 Å². The third kappa shape index (κ3) is 2.47. The fraction of sp³-hybridized carbons (Fsp3) is 0.429. The van der Waals surface area contributed by atoms with Crippen LogP contribution in [-0.4, -0.2) is 11.1 Å². The zero-order chi connectivity index (χ0) is 12.5. The van der Waals surface area contributed by atoms with Gasteiger partial charge in [-0.25, -0.2) is 4.79 Å². The zero-order valence-electron chi connectivity index (χ0n) is 9.81. The van der Waals surface area contributed by atoms with Crippen molar-refractivity contribution in [1.29, 1.82) is 5.26 Å². The summed E-state index contributed by atoms with van der Waals surface area (Å²) in [5, 5.41) is 18.3. The van der Waals surface area contributed by atoms with E-state index in [9.17, 15) is 10.1 Å². The maximum absolute atomic E-state index is 10.9. The van der Waals surface area contributed by atoms with Gasteiger partial charge < -0.3 is 5.11 Å². The SMILES string of the molecule is CC(C#N)(CC1CC1)c1cccc(C(=O)O)c1. The molecule has 0 aliphatic heterocycles. The number of hydrogen-bond acceptors (Lipinski definition) is 2. The Balaban J connectivity index is 2.32. The van der Waals surface area contributed by atoms with Crippen LogP contribution in [-0.2, 0) is 5.41 Å². The lowest BCUT2D eigenvalue weighted by molar-refractivity contribution is 0.0696. The molecule has 0 amide bonds. The maximum Gasteiger partial charge on any atom is 0.335 e. The quantitative estimate of drug-likeness (QED) is 0.863. The lowest BCUT2D eigenvalue weighted by atomic mass is 9.79. The van der Waals surface area contributed by atoms with Gasteiger partial charge in [0.2, 0.25) is 0 Å². The number of nitriles is 1. The van der Waals surface area contributed by atoms with Crippen LogP contribution in [0.4, 0.5) is 0 Å². The van der Waals surface area contributed by atoms with Gasteiger partial charge in [0.1, 0.15) is 0 Å². The molecule has 0 spiro atoms. The average molecular weight is 229 g/mol. The largest absolute Gasteiger partial charge is 0.478 e. The van der Waals surface area contributed by atoms with Gasteiger partial charge in [-0.05, 0) is 37.0 Å². The van der Waals surface area contributed by atoms with E-state index in [-0.39, 0.29) is 5.56 Å². The predicted molar refractivity (Wildman–Crippen MR) is 63.7 cm³/mol. The highest BCUT2D eigenvalue weighted by molar-refractivity contribution is 5.87. The molecule has 1 aliphatic rings. The molecule has 1 aliphatic carbocycles. The van der Waals surface area contributed by atoms with Crippen LogP contribution in [0, 0.1) is 17.2 Å². The second-order valence-electron chi connectivity index (χ2n) is 4.98. The van der Waals surface area contributed by atoms with Crippen LogP contribution in [0.5, 0.6) is 0 Å². The molecule has 1 aromatic carbocycles. The molecule has 88 valence electrons. The van der Waals surface area contributed by atoms with E-state index in [1.54, 1.807) is 18.2 Å². The Morgan fingerprint density at radius 2 is 2.29 bits per heavy atom. The lowest BCUT2D eigenvalue weighted by Gasteiger charge is -2.22. The van der Waals surface area contributed by atoms with Gasteiger partial charge in [0, 0.05) is 0 Å². The van der Waals surface area contributed by atoms with Crippen molar-refractivity contribution in [3.63, 3.8) is 0 Å². The molecule has 1 fully saturated rings. The second-order valence-corrected chi connectivity index (χ2v) is 4.98. The Hall–Kier alpha value is -1.82. The minimum Gasteiger partial charge on any atom is -0.478 e. The van der Waals surface area contributed by atoms with Crippen LogP contribution >= 0.6 is 0 Å². The number of nitrogens with zero attached hydrogens (tertiary/aromatic N) is 1. The highest BCUT2D eigenvalue weighted by Crippen LogP contribution is 2.41. The van der Waals surface area contributed by atoms with Crippen molar-refractivity contribution >= 4 is 5.97 Å². The van der Waals surface area contributed by atoms with Crippen LogP contribution in [0.25, 0.3) is 0 Å². The molecule has 1 saturated carbocycles. The number of carboxylic acid groups (broad SMARTS) is 1. The van der Waals surface area contributed by atoms with Crippen LogP contribution in [0.1, 0.15) is 42.1 Å². The Labute approximate surface area is 101 Å². The van der Waals surface area contributed by atoms with Gasteiger partial charge in [-0.2, -0.15) is 5.26 Å². The average Bonchev–Trinajstić information content (AvgIpc) is 3.13. The summed E-state index contributed by atoms with van der Waals surface area (Å²) < 4.78 is 0. The molecule has 17 heavy (non-hydrogen) atoms. The summed E-state index contributed by atoms with van der Waals surface area (Å²) in [7, 11) is 0. The van der Waals surface area contributed by atoms with E-state index in [4.69, 9.17) is 5.11 Å². The van der Waals surface area contributed by atoms with E-state index < -0.39 is 11.4 Å². The smallest absolute Gasteiger partial charge is 0.335 e. The molecular weight excluding hydrogens is 214 g/mol. The Morgan fingerprint density at radius 1 is 1.59 bits per heavy atom. The van der Waals surface area contributed by atoms with Gasteiger partial charge in [0.15, 0.2) is 0 Å². The Morgan fingerprint density at radius 3 is 2.82 bits per heavy atom. The molecule has 0 radical (unpaired) electrons. The van der Waals surface area contributed by atoms with Gasteiger partial charge in [-0.3, -0.25) is 0 Å². The minimum absolute atomic E-state index is 0.250. The normalized spacial score (nSPS) is 18.1. The van der Waals surface area contributed by atoms with Crippen LogP contribution in [0.3, 0.4) is 0 Å². The summed E-state index contributed by atoms with van der Waals surface area (Å²) in [6, 6.07) is 9.07. The lowest BCUT2D eigenvalue weighted by Crippen LogP contribution is -2.20. The Bertz CT molecular complexity index is 485. The first kappa shape index (κ1) is 11.7. The summed E-state index contributed by atoms with van der Waals surface area (Å²) in [5.74, 6) is -0.313. The molecule has 3 heteroatoms. The number of aromatic carboxylic acids is 1. The van der Waals surface area contributed by atoms with Crippen LogP contribution in [0.2, 0.25) is 0 Å². The minimum atomic E-state index is -0.946. The van der Waals surface area contributed by atoms with Crippen molar-refractivity contribution in [2.75, 3.05) is 0 Å². The van der Waals surface area contributed by atoms with Gasteiger partial charge in [0.25, 0.3) is 0 Å². The van der Waals surface area contributed by atoms with E-state index in [1.165, 1.54) is 12.8 Å². The summed E-state index contributed by atoms with van der Waals surface area (Å²) >= 11 is 0. The van der Waals surface area contributed by atoms with E-state index >= 15 is 0 Å². The van der Waals surface area contributed by atoms with Crippen molar-refractivity contribution < 1.29 is 9.90 Å². The first-order valence-corrected chi connectivity index (χ1v) is 5.80. The molecule has 2 rings (SSSR count). The molecule has 0 aromatic heterocycles. The molecule has 1 N–H and O–H groups in total. The number of rotatable bonds is 4. The van der Waals surface area contributed by atoms with Crippen molar-refractivity contribution in [3.05, 3.63) is 35.4 Å². The fourth-order valence-electron chi connectivity index (χ4n) is 2.12. The van der Waals surface area contributed by atoms with Crippen molar-refractivity contribution in [2.45, 2.75) is 31.6 Å². The molecule has 0 saturated heterocycles. The molecule has 1 unspecified atom stereocenters. The number of carbonyl (C=O) groups is 1. The highest BCUT2D eigenvalue weighted by atomic mass is 16.4. The van der Waals surface area contributed by atoms with Crippen molar-refractivity contribution in [1.82, 2.24) is 0 Å². The maximum atomic E-state index is 10.9. The van der Waals surface area contributed by atoms with E-state index in [2.05, 4.69) is 6.07 Å². The highest BCUT2D eigenvalue weighted by Gasteiger charge is 2.35. The van der Waals surface area contributed by atoms with Gasteiger partial charge in [-0.1, -0.05) is 25.0 Å². The number of hydrogen-bond donors (Lipinski definition) is 1. The van der Waals surface area contributed by atoms with Crippen molar-refractivity contribution in [3.8, 4) is 6.07 Å². The second kappa shape index (κ2) is 4.21. The van der Waals surface area contributed by atoms with Gasteiger partial charge >= 0.3 is 5.97 Å². The topological polar surface area (TPSA) is 61.1 Å². The molecular formula is C14H15NO2. The number of carboxylic acids is 1. The summed E-state index contributed by atoms with van der Waals surface area (Å²) in [6.07, 6.45) is 3.21. The summed E-state index contributed by atoms with van der Waals surface area (Å²) in [5.41, 5.74) is 0.499. The van der Waals surface area contributed by atoms with Crippen molar-refractivity contribution in [2.24, 2.45) is 5.92 Å². The molecule has 0 bridgehead atoms. The fourth-order valence-corrected chi connectivity index (χ4v) is 2.12. The first-order valence-electron chi connectivity index (χ1n) is 5.80.